The van der Waals surface area contributed by atoms with Crippen LogP contribution < -0.4 is 0 Å². The molecule has 1 aromatic carbocycles. The maximum atomic E-state index is 12.1. The molecule has 0 aromatic heterocycles. The third-order valence-electron chi connectivity index (χ3n) is 3.17. The van der Waals surface area contributed by atoms with Crippen molar-refractivity contribution in [3.05, 3.63) is 29.8 Å². The summed E-state index contributed by atoms with van der Waals surface area (Å²) in [5.74, 6) is 0.963. The molecule has 22 heavy (non-hydrogen) atoms. The van der Waals surface area contributed by atoms with Crippen LogP contribution in [0.5, 0.6) is 0 Å². The van der Waals surface area contributed by atoms with Crippen LogP contribution in [0.4, 0.5) is 13.2 Å². The van der Waals surface area contributed by atoms with Crippen LogP contribution in [-0.2, 0) is 16.0 Å². The van der Waals surface area contributed by atoms with E-state index in [1.807, 2.05) is 0 Å². The second-order valence-corrected chi connectivity index (χ2v) is 7.49. The highest BCUT2D eigenvalue weighted by Crippen LogP contribution is 2.29. The minimum absolute atomic E-state index is 0.120. The van der Waals surface area contributed by atoms with Gasteiger partial charge in [0.15, 0.2) is 9.84 Å². The SMILES string of the molecule is CCCC(C)CCC.CS(=O)(=O)c1ccc(C(F)(F)F)cc1. The van der Waals surface area contributed by atoms with Crippen LogP contribution in [0.15, 0.2) is 29.2 Å². The summed E-state index contributed by atoms with van der Waals surface area (Å²) in [4.78, 5) is -0.120. The Morgan fingerprint density at radius 3 is 1.68 bits per heavy atom. The van der Waals surface area contributed by atoms with Crippen LogP contribution in [0.3, 0.4) is 0 Å². The highest BCUT2D eigenvalue weighted by molar-refractivity contribution is 7.90. The molecule has 0 aliphatic heterocycles. The molecule has 0 amide bonds. The quantitative estimate of drug-likeness (QED) is 0.727. The Kier molecular flexibility index (Phi) is 8.74. The number of alkyl halides is 3. The molecule has 0 unspecified atom stereocenters. The van der Waals surface area contributed by atoms with E-state index in [0.29, 0.717) is 0 Å². The molecule has 0 spiro atoms. The minimum atomic E-state index is -4.43. The molecule has 0 atom stereocenters. The molecule has 1 aromatic rings. The van der Waals surface area contributed by atoms with Gasteiger partial charge < -0.3 is 0 Å². The Hall–Kier alpha value is -1.04. The maximum Gasteiger partial charge on any atom is 0.416 e. The second-order valence-electron chi connectivity index (χ2n) is 5.48. The van der Waals surface area contributed by atoms with Gasteiger partial charge in [0.1, 0.15) is 0 Å². The third-order valence-corrected chi connectivity index (χ3v) is 4.30. The number of sulfone groups is 1. The molecule has 0 N–H and O–H groups in total. The molecule has 1 rings (SSSR count). The van der Waals surface area contributed by atoms with Crippen molar-refractivity contribution in [1.29, 1.82) is 0 Å². The van der Waals surface area contributed by atoms with Crippen LogP contribution in [-0.4, -0.2) is 14.7 Å². The first kappa shape index (κ1) is 21.0. The Morgan fingerprint density at radius 1 is 1.00 bits per heavy atom. The summed E-state index contributed by atoms with van der Waals surface area (Å²) < 4.78 is 58.0. The molecule has 0 aliphatic rings. The fourth-order valence-corrected chi connectivity index (χ4v) is 2.65. The highest BCUT2D eigenvalue weighted by atomic mass is 32.2. The Balaban J connectivity index is 0.000000472. The van der Waals surface area contributed by atoms with Gasteiger partial charge in [0.2, 0.25) is 0 Å². The zero-order chi connectivity index (χ0) is 17.4. The lowest BCUT2D eigenvalue weighted by Crippen LogP contribution is -2.05. The van der Waals surface area contributed by atoms with E-state index in [1.165, 1.54) is 25.7 Å². The molecule has 128 valence electrons. The van der Waals surface area contributed by atoms with Gasteiger partial charge in [-0.15, -0.1) is 0 Å². The van der Waals surface area contributed by atoms with Crippen LogP contribution in [0.2, 0.25) is 0 Å². The zero-order valence-electron chi connectivity index (χ0n) is 13.6. The smallest absolute Gasteiger partial charge is 0.224 e. The molecule has 0 saturated heterocycles. The van der Waals surface area contributed by atoms with E-state index in [2.05, 4.69) is 20.8 Å². The first-order chi connectivity index (χ1) is 10.0. The standard InChI is InChI=1S/C8H7F3O2S.C8H18/c1-14(12,13)7-4-2-6(3-5-7)8(9,10)11;1-4-6-8(3)7-5-2/h2-5H,1H3;8H,4-7H2,1-3H3. The second kappa shape index (κ2) is 9.18. The van der Waals surface area contributed by atoms with Crippen molar-refractivity contribution in [2.75, 3.05) is 6.26 Å². The molecule has 6 heteroatoms. The highest BCUT2D eigenvalue weighted by Gasteiger charge is 2.30. The van der Waals surface area contributed by atoms with Gasteiger partial charge in [-0.25, -0.2) is 8.42 Å². The summed E-state index contributed by atoms with van der Waals surface area (Å²) in [5, 5.41) is 0. The van der Waals surface area contributed by atoms with Crippen LogP contribution in [0.1, 0.15) is 52.0 Å². The molecule has 0 fully saturated rings. The average Bonchev–Trinajstić information content (AvgIpc) is 2.38. The van der Waals surface area contributed by atoms with Crippen LogP contribution in [0, 0.1) is 5.92 Å². The number of hydrogen-bond donors (Lipinski definition) is 0. The van der Waals surface area contributed by atoms with E-state index >= 15 is 0 Å². The van der Waals surface area contributed by atoms with Gasteiger partial charge in [0.25, 0.3) is 0 Å². The zero-order valence-corrected chi connectivity index (χ0v) is 14.4. The Morgan fingerprint density at radius 2 is 1.41 bits per heavy atom. The van der Waals surface area contributed by atoms with Crippen molar-refractivity contribution >= 4 is 9.84 Å². The van der Waals surface area contributed by atoms with Crippen LogP contribution in [0.25, 0.3) is 0 Å². The molecule has 0 heterocycles. The third kappa shape index (κ3) is 8.41. The monoisotopic (exact) mass is 338 g/mol. The largest absolute Gasteiger partial charge is 0.416 e. The molecule has 0 aliphatic carbocycles. The van der Waals surface area contributed by atoms with Gasteiger partial charge in [0, 0.05) is 6.26 Å². The summed E-state index contributed by atoms with van der Waals surface area (Å²) in [6, 6.07) is 3.38. The van der Waals surface area contributed by atoms with E-state index in [4.69, 9.17) is 0 Å². The van der Waals surface area contributed by atoms with Gasteiger partial charge in [-0.3, -0.25) is 0 Å². The van der Waals surface area contributed by atoms with E-state index < -0.39 is 21.6 Å². The van der Waals surface area contributed by atoms with Crippen molar-refractivity contribution < 1.29 is 21.6 Å². The molecular formula is C16H25F3O2S. The van der Waals surface area contributed by atoms with Crippen molar-refractivity contribution in [1.82, 2.24) is 0 Å². The lowest BCUT2D eigenvalue weighted by molar-refractivity contribution is -0.137. The van der Waals surface area contributed by atoms with Crippen molar-refractivity contribution in [3.8, 4) is 0 Å². The average molecular weight is 338 g/mol. The fourth-order valence-electron chi connectivity index (χ4n) is 2.02. The Bertz CT molecular complexity index is 513. The summed E-state index contributed by atoms with van der Waals surface area (Å²) in [7, 11) is -3.43. The predicted molar refractivity (Wildman–Crippen MR) is 83.5 cm³/mol. The lowest BCUT2D eigenvalue weighted by atomic mass is 10.0. The fraction of sp³-hybridized carbons (Fsp3) is 0.625. The number of rotatable bonds is 5. The van der Waals surface area contributed by atoms with Crippen molar-refractivity contribution in [2.45, 2.75) is 57.5 Å². The van der Waals surface area contributed by atoms with Gasteiger partial charge in [-0.2, -0.15) is 13.2 Å². The van der Waals surface area contributed by atoms with Crippen molar-refractivity contribution in [3.63, 3.8) is 0 Å². The van der Waals surface area contributed by atoms with Gasteiger partial charge >= 0.3 is 6.18 Å². The first-order valence-electron chi connectivity index (χ1n) is 7.39. The lowest BCUT2D eigenvalue weighted by Gasteiger charge is -2.06. The van der Waals surface area contributed by atoms with Gasteiger partial charge in [0.05, 0.1) is 10.5 Å². The molecular weight excluding hydrogens is 313 g/mol. The summed E-state index contributed by atoms with van der Waals surface area (Å²) in [5.41, 5.74) is -0.857. The predicted octanol–water partition coefficient (Wildman–Crippen LogP) is 5.33. The van der Waals surface area contributed by atoms with Crippen molar-refractivity contribution in [2.24, 2.45) is 5.92 Å². The number of halogens is 3. The number of benzene rings is 1. The van der Waals surface area contributed by atoms with Gasteiger partial charge in [-0.1, -0.05) is 46.5 Å². The molecule has 0 saturated carbocycles. The van der Waals surface area contributed by atoms with Gasteiger partial charge in [-0.05, 0) is 30.2 Å². The normalized spacial score (nSPS) is 12.0. The van der Waals surface area contributed by atoms with E-state index in [-0.39, 0.29) is 4.90 Å². The Labute approximate surface area is 131 Å². The van der Waals surface area contributed by atoms with E-state index in [0.717, 1.165) is 36.4 Å². The molecule has 2 nitrogen and oxygen atoms in total. The minimum Gasteiger partial charge on any atom is -0.224 e. The molecule has 0 bridgehead atoms. The first-order valence-corrected chi connectivity index (χ1v) is 9.28. The van der Waals surface area contributed by atoms with Crippen LogP contribution >= 0.6 is 0 Å². The summed E-state index contributed by atoms with van der Waals surface area (Å²) in [6.45, 7) is 6.85. The topological polar surface area (TPSA) is 34.1 Å². The maximum absolute atomic E-state index is 12.1. The van der Waals surface area contributed by atoms with E-state index in [1.54, 1.807) is 0 Å². The number of hydrogen-bond acceptors (Lipinski definition) is 2. The summed E-state index contributed by atoms with van der Waals surface area (Å²) >= 11 is 0. The summed E-state index contributed by atoms with van der Waals surface area (Å²) in [6.07, 6.45) is 2.02. The van der Waals surface area contributed by atoms with E-state index in [9.17, 15) is 21.6 Å². The molecule has 0 radical (unpaired) electrons.